The van der Waals surface area contributed by atoms with Crippen LogP contribution in [0.15, 0.2) is 32.1 Å². The normalized spacial score (nSPS) is 10.8. The highest BCUT2D eigenvalue weighted by atomic mass is 79.9. The van der Waals surface area contributed by atoms with Crippen molar-refractivity contribution in [2.75, 3.05) is 5.73 Å². The third kappa shape index (κ3) is 2.33. The minimum absolute atomic E-state index is 0.602. The molecule has 0 aliphatic heterocycles. The van der Waals surface area contributed by atoms with E-state index in [1.165, 1.54) is 22.7 Å². The van der Waals surface area contributed by atoms with E-state index in [4.69, 9.17) is 5.73 Å². The zero-order valence-electron chi connectivity index (χ0n) is 9.30. The molecule has 8 heteroatoms. The Morgan fingerprint density at radius 2 is 1.37 bits per heavy atom. The second-order valence-electron chi connectivity index (χ2n) is 3.53. The summed E-state index contributed by atoms with van der Waals surface area (Å²) in [6.45, 7) is 0. The van der Waals surface area contributed by atoms with Crippen molar-refractivity contribution in [3.63, 3.8) is 0 Å². The Kier molecular flexibility index (Phi) is 3.66. The Bertz CT molecular complexity index is 652. The van der Waals surface area contributed by atoms with Crippen LogP contribution in [0.3, 0.4) is 0 Å². The number of pyridine rings is 1. The van der Waals surface area contributed by atoms with Crippen molar-refractivity contribution in [1.29, 1.82) is 0 Å². The van der Waals surface area contributed by atoms with Gasteiger partial charge in [-0.15, -0.1) is 22.7 Å². The highest BCUT2D eigenvalue weighted by molar-refractivity contribution is 9.11. The second-order valence-corrected chi connectivity index (χ2v) is 6.90. The van der Waals surface area contributed by atoms with Gasteiger partial charge in [-0.1, -0.05) is 0 Å². The van der Waals surface area contributed by atoms with Crippen LogP contribution in [0.4, 0.5) is 5.69 Å². The molecule has 3 heterocycles. The molecule has 2 N–H and O–H groups in total. The molecule has 0 aromatic carbocycles. The van der Waals surface area contributed by atoms with Gasteiger partial charge in [-0.2, -0.15) is 0 Å². The Morgan fingerprint density at radius 1 is 0.895 bits per heavy atom. The van der Waals surface area contributed by atoms with Crippen LogP contribution in [0.25, 0.3) is 21.4 Å². The van der Waals surface area contributed by atoms with Crippen LogP contribution < -0.4 is 5.73 Å². The molecule has 3 aromatic rings. The Labute approximate surface area is 134 Å². The fraction of sp³-hybridized carbons (Fsp3) is 0. The first-order chi connectivity index (χ1) is 9.18. The second kappa shape index (κ2) is 5.28. The monoisotopic (exact) mass is 416 g/mol. The molecular weight excluding hydrogens is 412 g/mol. The molecule has 0 saturated carbocycles. The number of aromatic nitrogens is 3. The highest BCUT2D eigenvalue weighted by Crippen LogP contribution is 2.41. The van der Waals surface area contributed by atoms with E-state index in [0.29, 0.717) is 5.69 Å². The van der Waals surface area contributed by atoms with Crippen LogP contribution in [0.1, 0.15) is 0 Å². The molecule has 96 valence electrons. The number of anilines is 1. The van der Waals surface area contributed by atoms with Gasteiger partial charge in [0.1, 0.15) is 21.4 Å². The Hall–Kier alpha value is -0.830. The number of thiazole rings is 2. The SMILES string of the molecule is Nc1c(Br)c(-c2nccs2)nc(-c2nccs2)c1Br. The van der Waals surface area contributed by atoms with E-state index < -0.39 is 0 Å². The average molecular weight is 418 g/mol. The summed E-state index contributed by atoms with van der Waals surface area (Å²) < 4.78 is 1.49. The maximum Gasteiger partial charge on any atom is 0.143 e. The van der Waals surface area contributed by atoms with Crippen LogP contribution in [-0.4, -0.2) is 15.0 Å². The third-order valence-electron chi connectivity index (χ3n) is 2.38. The molecule has 0 fully saturated rings. The molecule has 19 heavy (non-hydrogen) atoms. The van der Waals surface area contributed by atoms with E-state index in [1.807, 2.05) is 10.8 Å². The van der Waals surface area contributed by atoms with Crippen LogP contribution in [0.5, 0.6) is 0 Å². The Balaban J connectivity index is 2.27. The van der Waals surface area contributed by atoms with Crippen molar-refractivity contribution in [2.24, 2.45) is 0 Å². The molecular formula is C11H6Br2N4S2. The number of hydrogen-bond acceptors (Lipinski definition) is 6. The summed E-state index contributed by atoms with van der Waals surface area (Å²) in [7, 11) is 0. The summed E-state index contributed by atoms with van der Waals surface area (Å²) in [6, 6.07) is 0. The summed E-state index contributed by atoms with van der Waals surface area (Å²) in [4.78, 5) is 13.2. The van der Waals surface area contributed by atoms with Crippen molar-refractivity contribution in [3.05, 3.63) is 32.1 Å². The fourth-order valence-electron chi connectivity index (χ4n) is 1.53. The van der Waals surface area contributed by atoms with Crippen molar-refractivity contribution in [3.8, 4) is 21.4 Å². The van der Waals surface area contributed by atoms with Gasteiger partial charge in [0.05, 0.1) is 14.6 Å². The van der Waals surface area contributed by atoms with Crippen LogP contribution in [0, 0.1) is 0 Å². The smallest absolute Gasteiger partial charge is 0.143 e. The number of halogens is 2. The van der Waals surface area contributed by atoms with E-state index in [1.54, 1.807) is 12.4 Å². The molecule has 0 unspecified atom stereocenters. The first-order valence-corrected chi connectivity index (χ1v) is 8.47. The molecule has 3 aromatic heterocycles. The quantitative estimate of drug-likeness (QED) is 0.669. The number of nitrogens with two attached hydrogens (primary N) is 1. The van der Waals surface area contributed by atoms with Crippen molar-refractivity contribution < 1.29 is 0 Å². The van der Waals surface area contributed by atoms with Gasteiger partial charge >= 0.3 is 0 Å². The summed E-state index contributed by atoms with van der Waals surface area (Å²) in [5.41, 5.74) is 8.19. The van der Waals surface area contributed by atoms with E-state index >= 15 is 0 Å². The largest absolute Gasteiger partial charge is 0.397 e. The molecule has 0 bridgehead atoms. The van der Waals surface area contributed by atoms with Crippen molar-refractivity contribution >= 4 is 60.2 Å². The molecule has 3 rings (SSSR count). The average Bonchev–Trinajstić information content (AvgIpc) is 3.08. The minimum Gasteiger partial charge on any atom is -0.397 e. The lowest BCUT2D eigenvalue weighted by Gasteiger charge is -2.09. The lowest BCUT2D eigenvalue weighted by molar-refractivity contribution is 1.25. The molecule has 0 saturated heterocycles. The van der Waals surface area contributed by atoms with Gasteiger partial charge < -0.3 is 5.73 Å². The summed E-state index contributed by atoms with van der Waals surface area (Å²) in [6.07, 6.45) is 3.49. The van der Waals surface area contributed by atoms with Crippen LogP contribution >= 0.6 is 54.5 Å². The standard InChI is InChI=1S/C11H6Br2N4S2/c12-5-7(14)6(13)9(11-16-2-4-19-11)17-8(5)10-15-1-3-18-10/h1-4H,(H2,14,17). The van der Waals surface area contributed by atoms with Crippen molar-refractivity contribution in [2.45, 2.75) is 0 Å². The number of rotatable bonds is 2. The maximum atomic E-state index is 6.12. The maximum absolute atomic E-state index is 6.12. The summed E-state index contributed by atoms with van der Waals surface area (Å²) in [5.74, 6) is 0. The molecule has 4 nitrogen and oxygen atoms in total. The van der Waals surface area contributed by atoms with Gasteiger partial charge in [0, 0.05) is 23.2 Å². The number of nitrogens with zero attached hydrogens (tertiary/aromatic N) is 3. The molecule has 0 aliphatic rings. The minimum atomic E-state index is 0.602. The lowest BCUT2D eigenvalue weighted by Crippen LogP contribution is -1.98. The van der Waals surface area contributed by atoms with E-state index in [0.717, 1.165) is 30.3 Å². The van der Waals surface area contributed by atoms with Crippen LogP contribution in [0.2, 0.25) is 0 Å². The zero-order valence-corrected chi connectivity index (χ0v) is 14.1. The Morgan fingerprint density at radius 3 is 1.74 bits per heavy atom. The third-order valence-corrected chi connectivity index (χ3v) is 5.55. The molecule has 0 spiro atoms. The van der Waals surface area contributed by atoms with E-state index in [9.17, 15) is 0 Å². The fourth-order valence-corrected chi connectivity index (χ4v) is 4.27. The first kappa shape index (κ1) is 13.2. The molecule has 0 radical (unpaired) electrons. The number of nitrogen functional groups attached to an aromatic ring is 1. The van der Waals surface area contributed by atoms with Gasteiger partial charge in [0.2, 0.25) is 0 Å². The van der Waals surface area contributed by atoms with Gasteiger partial charge in [0.15, 0.2) is 0 Å². The summed E-state index contributed by atoms with van der Waals surface area (Å²) >= 11 is 10.0. The lowest BCUT2D eigenvalue weighted by atomic mass is 10.2. The number of hydrogen-bond donors (Lipinski definition) is 1. The first-order valence-electron chi connectivity index (χ1n) is 5.12. The van der Waals surface area contributed by atoms with Gasteiger partial charge in [-0.3, -0.25) is 0 Å². The van der Waals surface area contributed by atoms with Gasteiger partial charge in [-0.05, 0) is 31.9 Å². The zero-order chi connectivity index (χ0) is 13.4. The van der Waals surface area contributed by atoms with Crippen LogP contribution in [-0.2, 0) is 0 Å². The molecule has 0 atom stereocenters. The predicted molar refractivity (Wildman–Crippen MR) is 86.3 cm³/mol. The van der Waals surface area contributed by atoms with Gasteiger partial charge in [-0.25, -0.2) is 15.0 Å². The highest BCUT2D eigenvalue weighted by Gasteiger charge is 2.19. The van der Waals surface area contributed by atoms with E-state index in [-0.39, 0.29) is 0 Å². The molecule has 0 aliphatic carbocycles. The topological polar surface area (TPSA) is 64.7 Å². The van der Waals surface area contributed by atoms with Crippen molar-refractivity contribution in [1.82, 2.24) is 15.0 Å². The summed E-state index contributed by atoms with van der Waals surface area (Å²) in [5, 5.41) is 5.46. The van der Waals surface area contributed by atoms with E-state index in [2.05, 4.69) is 46.8 Å². The molecule has 0 amide bonds. The predicted octanol–water partition coefficient (Wildman–Crippen LogP) is 4.44. The van der Waals surface area contributed by atoms with Gasteiger partial charge in [0.25, 0.3) is 0 Å².